The Morgan fingerprint density at radius 1 is 1.04 bits per heavy atom. The Bertz CT molecular complexity index is 875. The molecule has 1 aromatic heterocycles. The quantitative estimate of drug-likeness (QED) is 0.685. The zero-order valence-corrected chi connectivity index (χ0v) is 14.5. The molecule has 0 bridgehead atoms. The molecular formula is C19H15BrN2O2. The van der Waals surface area contributed by atoms with Crippen molar-refractivity contribution in [3.8, 4) is 16.9 Å². The van der Waals surface area contributed by atoms with Crippen molar-refractivity contribution in [1.82, 2.24) is 4.98 Å². The van der Waals surface area contributed by atoms with Crippen molar-refractivity contribution in [2.75, 3.05) is 5.32 Å². The van der Waals surface area contributed by atoms with Gasteiger partial charge in [-0.3, -0.25) is 9.78 Å². The Kier molecular flexibility index (Phi) is 4.62. The molecular weight excluding hydrogens is 368 g/mol. The molecule has 2 aromatic carbocycles. The third-order valence-corrected chi connectivity index (χ3v) is 4.43. The van der Waals surface area contributed by atoms with Gasteiger partial charge in [0.25, 0.3) is 5.91 Å². The van der Waals surface area contributed by atoms with E-state index < -0.39 is 0 Å². The molecule has 0 aliphatic heterocycles. The van der Waals surface area contributed by atoms with Gasteiger partial charge in [-0.2, -0.15) is 0 Å². The Labute approximate surface area is 148 Å². The van der Waals surface area contributed by atoms with E-state index in [0.29, 0.717) is 11.3 Å². The molecule has 0 unspecified atom stereocenters. The second-order valence-electron chi connectivity index (χ2n) is 5.37. The second kappa shape index (κ2) is 6.84. The molecule has 1 heterocycles. The van der Waals surface area contributed by atoms with E-state index in [9.17, 15) is 9.90 Å². The fraction of sp³-hybridized carbons (Fsp3) is 0.0526. The zero-order chi connectivity index (χ0) is 17.1. The lowest BCUT2D eigenvalue weighted by atomic mass is 10.0. The molecule has 3 aromatic rings. The van der Waals surface area contributed by atoms with Crippen LogP contribution < -0.4 is 5.32 Å². The van der Waals surface area contributed by atoms with Crippen LogP contribution in [0.15, 0.2) is 65.3 Å². The van der Waals surface area contributed by atoms with Gasteiger partial charge < -0.3 is 10.4 Å². The van der Waals surface area contributed by atoms with Crippen LogP contribution in [0, 0.1) is 6.92 Å². The third kappa shape index (κ3) is 3.63. The number of amides is 1. The van der Waals surface area contributed by atoms with Crippen LogP contribution in [-0.4, -0.2) is 16.0 Å². The fourth-order valence-electron chi connectivity index (χ4n) is 2.25. The lowest BCUT2D eigenvalue weighted by Gasteiger charge is -2.07. The van der Waals surface area contributed by atoms with E-state index in [1.54, 1.807) is 30.5 Å². The number of nitrogens with zero attached hydrogens (tertiary/aromatic N) is 1. The summed E-state index contributed by atoms with van der Waals surface area (Å²) in [6, 6.07) is 16.1. The van der Waals surface area contributed by atoms with Crippen molar-refractivity contribution < 1.29 is 9.90 Å². The molecule has 0 aliphatic rings. The highest BCUT2D eigenvalue weighted by Crippen LogP contribution is 2.23. The number of carbonyl (C=O) groups is 1. The molecule has 3 rings (SSSR count). The summed E-state index contributed by atoms with van der Waals surface area (Å²) >= 11 is 3.40. The Hall–Kier alpha value is -2.66. The first-order chi connectivity index (χ1) is 11.5. The fourth-order valence-corrected chi connectivity index (χ4v) is 2.59. The standard InChI is InChI=1S/C19H15BrN2O2/c1-12-18(20)10-16(11-21-12)22-19(24)15-4-2-13(3-5-15)14-6-8-17(23)9-7-14/h2-11,23H,1H3,(H,22,24). The first kappa shape index (κ1) is 16.2. The average Bonchev–Trinajstić information content (AvgIpc) is 2.59. The molecule has 0 atom stereocenters. The Balaban J connectivity index is 1.76. The number of aromatic hydroxyl groups is 1. The van der Waals surface area contributed by atoms with Gasteiger partial charge in [-0.1, -0.05) is 24.3 Å². The van der Waals surface area contributed by atoms with Crippen molar-refractivity contribution >= 4 is 27.5 Å². The largest absolute Gasteiger partial charge is 0.508 e. The number of aryl methyl sites for hydroxylation is 1. The van der Waals surface area contributed by atoms with Crippen molar-refractivity contribution in [3.05, 3.63) is 76.5 Å². The summed E-state index contributed by atoms with van der Waals surface area (Å²) in [5.74, 6) is 0.0393. The topological polar surface area (TPSA) is 62.2 Å². The van der Waals surface area contributed by atoms with Crippen LogP contribution >= 0.6 is 15.9 Å². The summed E-state index contributed by atoms with van der Waals surface area (Å²) in [5, 5.41) is 12.2. The average molecular weight is 383 g/mol. The number of phenols is 1. The summed E-state index contributed by atoms with van der Waals surface area (Å²) in [4.78, 5) is 16.5. The maximum Gasteiger partial charge on any atom is 0.255 e. The van der Waals surface area contributed by atoms with Crippen LogP contribution in [0.4, 0.5) is 5.69 Å². The summed E-state index contributed by atoms with van der Waals surface area (Å²) in [6.45, 7) is 1.89. The van der Waals surface area contributed by atoms with Gasteiger partial charge in [0.15, 0.2) is 0 Å². The summed E-state index contributed by atoms with van der Waals surface area (Å²) in [7, 11) is 0. The number of pyridine rings is 1. The number of aromatic nitrogens is 1. The van der Waals surface area contributed by atoms with Crippen LogP contribution in [0.3, 0.4) is 0 Å². The first-order valence-electron chi connectivity index (χ1n) is 7.36. The van der Waals surface area contributed by atoms with Crippen molar-refractivity contribution in [3.63, 3.8) is 0 Å². The smallest absolute Gasteiger partial charge is 0.255 e. The number of rotatable bonds is 3. The van der Waals surface area contributed by atoms with E-state index in [4.69, 9.17) is 0 Å². The van der Waals surface area contributed by atoms with E-state index >= 15 is 0 Å². The number of hydrogen-bond donors (Lipinski definition) is 2. The second-order valence-corrected chi connectivity index (χ2v) is 6.22. The van der Waals surface area contributed by atoms with E-state index in [1.165, 1.54) is 0 Å². The van der Waals surface area contributed by atoms with Crippen LogP contribution in [-0.2, 0) is 0 Å². The van der Waals surface area contributed by atoms with Gasteiger partial charge in [0, 0.05) is 10.0 Å². The molecule has 0 saturated carbocycles. The van der Waals surface area contributed by atoms with Crippen LogP contribution in [0.25, 0.3) is 11.1 Å². The highest BCUT2D eigenvalue weighted by atomic mass is 79.9. The van der Waals surface area contributed by atoms with E-state index in [1.807, 2.05) is 37.3 Å². The molecule has 120 valence electrons. The minimum absolute atomic E-state index is 0.190. The molecule has 24 heavy (non-hydrogen) atoms. The number of hydrogen-bond acceptors (Lipinski definition) is 3. The summed E-state index contributed by atoms with van der Waals surface area (Å²) in [5.41, 5.74) is 4.03. The number of halogens is 1. The maximum atomic E-state index is 12.3. The van der Waals surface area contributed by atoms with Gasteiger partial charge in [-0.25, -0.2) is 0 Å². The predicted octanol–water partition coefficient (Wildman–Crippen LogP) is 4.78. The zero-order valence-electron chi connectivity index (χ0n) is 13.0. The number of benzene rings is 2. The molecule has 0 aliphatic carbocycles. The molecule has 0 saturated heterocycles. The summed E-state index contributed by atoms with van der Waals surface area (Å²) in [6.07, 6.45) is 1.63. The van der Waals surface area contributed by atoms with Gasteiger partial charge >= 0.3 is 0 Å². The highest BCUT2D eigenvalue weighted by molar-refractivity contribution is 9.10. The number of carbonyl (C=O) groups excluding carboxylic acids is 1. The minimum atomic E-state index is -0.190. The first-order valence-corrected chi connectivity index (χ1v) is 8.15. The van der Waals surface area contributed by atoms with E-state index in [2.05, 4.69) is 26.2 Å². The third-order valence-electron chi connectivity index (χ3n) is 3.63. The monoisotopic (exact) mass is 382 g/mol. The predicted molar refractivity (Wildman–Crippen MR) is 98.2 cm³/mol. The lowest BCUT2D eigenvalue weighted by Crippen LogP contribution is -2.12. The Morgan fingerprint density at radius 3 is 2.21 bits per heavy atom. The van der Waals surface area contributed by atoms with Gasteiger partial charge in [0.2, 0.25) is 0 Å². The summed E-state index contributed by atoms with van der Waals surface area (Å²) < 4.78 is 0.850. The molecule has 0 radical (unpaired) electrons. The molecule has 1 amide bonds. The normalized spacial score (nSPS) is 10.4. The van der Waals surface area contributed by atoms with Crippen LogP contribution in [0.1, 0.15) is 16.1 Å². The van der Waals surface area contributed by atoms with Gasteiger partial charge in [-0.05, 0) is 64.3 Å². The van der Waals surface area contributed by atoms with Crippen LogP contribution in [0.5, 0.6) is 5.75 Å². The van der Waals surface area contributed by atoms with Crippen molar-refractivity contribution in [2.24, 2.45) is 0 Å². The molecule has 2 N–H and O–H groups in total. The number of anilines is 1. The number of nitrogens with one attached hydrogen (secondary N) is 1. The van der Waals surface area contributed by atoms with E-state index in [-0.39, 0.29) is 11.7 Å². The van der Waals surface area contributed by atoms with Crippen molar-refractivity contribution in [2.45, 2.75) is 6.92 Å². The molecule has 0 spiro atoms. The van der Waals surface area contributed by atoms with Crippen molar-refractivity contribution in [1.29, 1.82) is 0 Å². The maximum absolute atomic E-state index is 12.3. The van der Waals surface area contributed by atoms with Gasteiger partial charge in [0.1, 0.15) is 5.75 Å². The SMILES string of the molecule is Cc1ncc(NC(=O)c2ccc(-c3ccc(O)cc3)cc2)cc1Br. The van der Waals surface area contributed by atoms with E-state index in [0.717, 1.165) is 21.3 Å². The highest BCUT2D eigenvalue weighted by Gasteiger charge is 2.08. The molecule has 5 heteroatoms. The number of phenolic OH excluding ortho intramolecular Hbond substituents is 1. The van der Waals surface area contributed by atoms with Gasteiger partial charge in [0.05, 0.1) is 17.6 Å². The lowest BCUT2D eigenvalue weighted by molar-refractivity contribution is 0.102. The minimum Gasteiger partial charge on any atom is -0.508 e. The Morgan fingerprint density at radius 2 is 1.62 bits per heavy atom. The molecule has 4 nitrogen and oxygen atoms in total. The van der Waals surface area contributed by atoms with Gasteiger partial charge in [-0.15, -0.1) is 0 Å². The van der Waals surface area contributed by atoms with Crippen LogP contribution in [0.2, 0.25) is 0 Å². The molecule has 0 fully saturated rings.